The SMILES string of the molecule is CC(C)CC(=O)CC(C)C.CC(C)CCC(C)C.CC(C)CNC(=O)C(C)C.CC(C)CNCC(C)C.CC(C)COCC(C)C. The lowest BCUT2D eigenvalue weighted by Gasteiger charge is -2.08. The molecule has 0 spiro atoms. The van der Waals surface area contributed by atoms with Gasteiger partial charge in [0.15, 0.2) is 0 Å². The number of ether oxygens (including phenoxy) is 1. The van der Waals surface area contributed by atoms with Crippen molar-refractivity contribution in [2.75, 3.05) is 32.8 Å². The minimum Gasteiger partial charge on any atom is -0.381 e. The monoisotopic (exact) mass is 659 g/mol. The molecule has 0 rings (SSSR count). The second kappa shape index (κ2) is 36.9. The molecule has 0 aromatic heterocycles. The van der Waals surface area contributed by atoms with Crippen LogP contribution in [0.3, 0.4) is 0 Å². The van der Waals surface area contributed by atoms with Crippen LogP contribution in [0.1, 0.15) is 164 Å². The molecular formula is C41H90N2O3. The van der Waals surface area contributed by atoms with Gasteiger partial charge < -0.3 is 15.4 Å². The third kappa shape index (κ3) is 69.7. The fourth-order valence-electron chi connectivity index (χ4n) is 3.37. The molecule has 282 valence electrons. The number of amides is 1. The molecule has 0 radical (unpaired) electrons. The average Bonchev–Trinajstić information content (AvgIpc) is 2.85. The Bertz CT molecular complexity index is 567. The van der Waals surface area contributed by atoms with Gasteiger partial charge in [-0.15, -0.1) is 0 Å². The molecule has 0 aliphatic heterocycles. The van der Waals surface area contributed by atoms with Gasteiger partial charge in [-0.05, 0) is 66.4 Å². The van der Waals surface area contributed by atoms with Crippen LogP contribution in [0, 0.1) is 59.2 Å². The Morgan fingerprint density at radius 1 is 0.435 bits per heavy atom. The van der Waals surface area contributed by atoms with Crippen LogP contribution in [-0.4, -0.2) is 44.5 Å². The first-order chi connectivity index (χ1) is 20.9. The van der Waals surface area contributed by atoms with Crippen molar-refractivity contribution in [1.29, 1.82) is 0 Å². The van der Waals surface area contributed by atoms with Crippen LogP contribution in [0.2, 0.25) is 0 Å². The predicted molar refractivity (Wildman–Crippen MR) is 209 cm³/mol. The van der Waals surface area contributed by atoms with Crippen molar-refractivity contribution in [2.45, 2.75) is 164 Å². The fourth-order valence-corrected chi connectivity index (χ4v) is 3.37. The van der Waals surface area contributed by atoms with Crippen molar-refractivity contribution in [2.24, 2.45) is 59.2 Å². The topological polar surface area (TPSA) is 67.4 Å². The van der Waals surface area contributed by atoms with Crippen molar-refractivity contribution < 1.29 is 14.3 Å². The van der Waals surface area contributed by atoms with E-state index in [1.807, 2.05) is 13.8 Å². The summed E-state index contributed by atoms with van der Waals surface area (Å²) >= 11 is 0. The quantitative estimate of drug-likeness (QED) is 0.154. The van der Waals surface area contributed by atoms with Crippen molar-refractivity contribution in [3.05, 3.63) is 0 Å². The fraction of sp³-hybridized carbons (Fsp3) is 0.951. The highest BCUT2D eigenvalue weighted by Crippen LogP contribution is 2.10. The van der Waals surface area contributed by atoms with Gasteiger partial charge in [0, 0.05) is 38.5 Å². The second-order valence-electron chi connectivity index (χ2n) is 17.2. The first kappa shape index (κ1) is 54.5. The molecule has 0 aromatic rings. The zero-order valence-electron chi connectivity index (χ0n) is 35.4. The molecule has 0 fully saturated rings. The lowest BCUT2D eigenvalue weighted by Crippen LogP contribution is -2.30. The number of rotatable bonds is 18. The van der Waals surface area contributed by atoms with E-state index in [2.05, 4.69) is 135 Å². The van der Waals surface area contributed by atoms with E-state index in [0.29, 0.717) is 35.4 Å². The Morgan fingerprint density at radius 2 is 0.761 bits per heavy atom. The van der Waals surface area contributed by atoms with Gasteiger partial charge >= 0.3 is 0 Å². The van der Waals surface area contributed by atoms with Gasteiger partial charge in [-0.2, -0.15) is 0 Å². The highest BCUT2D eigenvalue weighted by molar-refractivity contribution is 5.78. The molecule has 2 N–H and O–H groups in total. The van der Waals surface area contributed by atoms with E-state index in [1.54, 1.807) is 0 Å². The molecule has 0 aromatic carbocycles. The van der Waals surface area contributed by atoms with E-state index in [9.17, 15) is 9.59 Å². The predicted octanol–water partition coefficient (Wildman–Crippen LogP) is 11.3. The van der Waals surface area contributed by atoms with Gasteiger partial charge in [0.2, 0.25) is 5.91 Å². The zero-order chi connectivity index (χ0) is 37.4. The van der Waals surface area contributed by atoms with Gasteiger partial charge in [0.25, 0.3) is 0 Å². The summed E-state index contributed by atoms with van der Waals surface area (Å²) in [4.78, 5) is 22.0. The highest BCUT2D eigenvalue weighted by atomic mass is 16.5. The number of hydrogen-bond donors (Lipinski definition) is 2. The summed E-state index contributed by atoms with van der Waals surface area (Å²) in [5.74, 6) is 6.92. The lowest BCUT2D eigenvalue weighted by molar-refractivity contribution is -0.124. The summed E-state index contributed by atoms with van der Waals surface area (Å²) in [5, 5.41) is 6.23. The van der Waals surface area contributed by atoms with E-state index < -0.39 is 0 Å². The first-order valence-electron chi connectivity index (χ1n) is 19.0. The zero-order valence-corrected chi connectivity index (χ0v) is 35.4. The van der Waals surface area contributed by atoms with Crippen LogP contribution in [0.25, 0.3) is 0 Å². The van der Waals surface area contributed by atoms with Crippen molar-refractivity contribution in [1.82, 2.24) is 10.6 Å². The minimum absolute atomic E-state index is 0.110. The van der Waals surface area contributed by atoms with Gasteiger partial charge in [-0.25, -0.2) is 0 Å². The summed E-state index contributed by atoms with van der Waals surface area (Å²) in [7, 11) is 0. The van der Waals surface area contributed by atoms with Crippen molar-refractivity contribution in [3.63, 3.8) is 0 Å². The minimum atomic E-state index is 0.110. The summed E-state index contributed by atoms with van der Waals surface area (Å²) in [6.07, 6.45) is 4.27. The van der Waals surface area contributed by atoms with E-state index in [1.165, 1.54) is 12.8 Å². The third-order valence-corrected chi connectivity index (χ3v) is 5.81. The molecule has 0 bridgehead atoms. The summed E-state index contributed by atoms with van der Waals surface area (Å²) in [6.45, 7) is 47.9. The maximum atomic E-state index is 11.1. The molecule has 5 heteroatoms. The molecular weight excluding hydrogens is 568 g/mol. The normalized spacial score (nSPS) is 11.1. The van der Waals surface area contributed by atoms with Gasteiger partial charge in [0.05, 0.1) is 0 Å². The Labute approximate surface area is 292 Å². The largest absolute Gasteiger partial charge is 0.381 e. The molecule has 46 heavy (non-hydrogen) atoms. The molecule has 0 heterocycles. The van der Waals surface area contributed by atoms with Crippen LogP contribution in [0.4, 0.5) is 0 Å². The molecule has 0 unspecified atom stereocenters. The maximum Gasteiger partial charge on any atom is 0.222 e. The number of carbonyl (C=O) groups is 2. The molecule has 0 saturated carbocycles. The van der Waals surface area contributed by atoms with Crippen LogP contribution >= 0.6 is 0 Å². The molecule has 5 nitrogen and oxygen atoms in total. The molecule has 0 aliphatic rings. The number of carbonyl (C=O) groups excluding carboxylic acids is 2. The highest BCUT2D eigenvalue weighted by Gasteiger charge is 2.07. The number of Topliss-reactive ketones (excluding diaryl/α,β-unsaturated/α-hetero) is 1. The average molecular weight is 659 g/mol. The van der Waals surface area contributed by atoms with Gasteiger partial charge in [0.1, 0.15) is 5.78 Å². The van der Waals surface area contributed by atoms with Crippen LogP contribution in [0.5, 0.6) is 0 Å². The van der Waals surface area contributed by atoms with Crippen molar-refractivity contribution in [3.8, 4) is 0 Å². The van der Waals surface area contributed by atoms with Gasteiger partial charge in [-0.1, -0.05) is 151 Å². The third-order valence-electron chi connectivity index (χ3n) is 5.81. The molecule has 0 saturated heterocycles. The summed E-state index contributed by atoms with van der Waals surface area (Å²) < 4.78 is 5.36. The van der Waals surface area contributed by atoms with Gasteiger partial charge in [-0.3, -0.25) is 9.59 Å². The van der Waals surface area contributed by atoms with Crippen molar-refractivity contribution >= 4 is 11.7 Å². The van der Waals surface area contributed by atoms with E-state index in [0.717, 1.165) is 69.4 Å². The Morgan fingerprint density at radius 3 is 0.978 bits per heavy atom. The van der Waals surface area contributed by atoms with Crippen LogP contribution in [0.15, 0.2) is 0 Å². The van der Waals surface area contributed by atoms with Crippen LogP contribution < -0.4 is 10.6 Å². The van der Waals surface area contributed by atoms with Crippen LogP contribution in [-0.2, 0) is 14.3 Å². The molecule has 0 aliphatic carbocycles. The van der Waals surface area contributed by atoms with E-state index in [-0.39, 0.29) is 11.8 Å². The number of ketones is 1. The summed E-state index contributed by atoms with van der Waals surface area (Å²) in [6, 6.07) is 0. The Hall–Kier alpha value is -0.940. The van der Waals surface area contributed by atoms with E-state index >= 15 is 0 Å². The number of hydrogen-bond acceptors (Lipinski definition) is 4. The maximum absolute atomic E-state index is 11.1. The van der Waals surface area contributed by atoms with E-state index in [4.69, 9.17) is 4.74 Å². The second-order valence-corrected chi connectivity index (χ2v) is 17.2. The summed E-state index contributed by atoms with van der Waals surface area (Å²) in [5.41, 5.74) is 0. The smallest absolute Gasteiger partial charge is 0.222 e. The Balaban J connectivity index is -0.000000153. The standard InChI is InChI=1S/C9H18O.C8H17NO.C8H19N.C8H18O.C8H18/c1-7(2)5-9(10)6-8(3)4;1-6(2)5-9-8(10)7(3)4;2*1-7(2)5-9-6-8(3)4;1-7(2)5-6-8(3)4/h7-8H,5-6H2,1-4H3;6-7H,5H2,1-4H3,(H,9,10);7-9H,5-6H2,1-4H3;7-8H,5-6H2,1-4H3;7-8H,5-6H2,1-4H3. The molecule has 0 atom stereocenters. The Kier molecular flexibility index (Phi) is 43.7. The lowest BCUT2D eigenvalue weighted by atomic mass is 10.00. The number of nitrogens with one attached hydrogen (secondary N) is 2. The first-order valence-corrected chi connectivity index (χ1v) is 19.0. The molecule has 1 amide bonds.